The molecule has 0 bridgehead atoms. The van der Waals surface area contributed by atoms with Gasteiger partial charge in [0.2, 0.25) is 0 Å². The summed E-state index contributed by atoms with van der Waals surface area (Å²) in [5, 5.41) is 2.50. The van der Waals surface area contributed by atoms with E-state index >= 15 is 0 Å². The number of hydrogen-bond acceptors (Lipinski definition) is 3. The molecule has 2 rings (SSSR count). The first-order valence-electron chi connectivity index (χ1n) is 5.85. The maximum Gasteiger partial charge on any atom is 0.387 e. The Balaban J connectivity index is 2.19. The van der Waals surface area contributed by atoms with E-state index in [1.165, 1.54) is 18.2 Å². The van der Waals surface area contributed by atoms with Crippen molar-refractivity contribution < 1.29 is 18.3 Å². The number of pyridine rings is 1. The largest absolute Gasteiger partial charge is 0.433 e. The van der Waals surface area contributed by atoms with Crippen molar-refractivity contribution in [3.8, 4) is 5.75 Å². The average molecular weight is 278 g/mol. The highest BCUT2D eigenvalue weighted by molar-refractivity contribution is 6.03. The van der Waals surface area contributed by atoms with E-state index in [4.69, 9.17) is 0 Å². The number of nitrogens with zero attached hydrogens (tertiary/aromatic N) is 1. The van der Waals surface area contributed by atoms with E-state index in [1.807, 2.05) is 0 Å². The van der Waals surface area contributed by atoms with Crippen LogP contribution in [0, 0.1) is 6.92 Å². The Hall–Kier alpha value is -2.50. The second-order valence-corrected chi connectivity index (χ2v) is 3.99. The van der Waals surface area contributed by atoms with Crippen LogP contribution in [0.5, 0.6) is 5.75 Å². The number of rotatable bonds is 4. The smallest absolute Gasteiger partial charge is 0.387 e. The lowest BCUT2D eigenvalue weighted by atomic mass is 10.2. The number of ether oxygens (including phenoxy) is 1. The molecule has 4 nitrogen and oxygen atoms in total. The molecule has 0 aliphatic heterocycles. The van der Waals surface area contributed by atoms with Crippen LogP contribution < -0.4 is 10.1 Å². The minimum absolute atomic E-state index is 0.0940. The van der Waals surface area contributed by atoms with E-state index in [2.05, 4.69) is 15.0 Å². The first kappa shape index (κ1) is 13.9. The molecule has 0 saturated heterocycles. The van der Waals surface area contributed by atoms with Crippen molar-refractivity contribution in [3.05, 3.63) is 53.9 Å². The van der Waals surface area contributed by atoms with E-state index in [0.717, 1.165) is 0 Å². The van der Waals surface area contributed by atoms with Crippen LogP contribution in [-0.2, 0) is 0 Å². The van der Waals surface area contributed by atoms with Gasteiger partial charge in [-0.25, -0.2) is 4.98 Å². The summed E-state index contributed by atoms with van der Waals surface area (Å²) >= 11 is 0. The highest BCUT2D eigenvalue weighted by Crippen LogP contribution is 2.25. The Bertz CT molecular complexity index is 618. The molecule has 0 spiro atoms. The summed E-state index contributed by atoms with van der Waals surface area (Å²) in [6.07, 6.45) is 0. The number of carbonyl (C=O) groups is 1. The number of hydrogen-bond donors (Lipinski definition) is 1. The van der Waals surface area contributed by atoms with Crippen LogP contribution in [0.1, 0.15) is 16.2 Å². The number of carbonyl (C=O) groups excluding carboxylic acids is 1. The molecule has 0 fully saturated rings. The molecule has 1 aromatic carbocycles. The Kier molecular flexibility index (Phi) is 4.24. The third kappa shape index (κ3) is 3.50. The van der Waals surface area contributed by atoms with Crippen molar-refractivity contribution in [2.75, 3.05) is 5.32 Å². The lowest BCUT2D eigenvalue weighted by Gasteiger charge is -2.11. The lowest BCUT2D eigenvalue weighted by Crippen LogP contribution is -2.15. The van der Waals surface area contributed by atoms with Gasteiger partial charge in [0.05, 0.1) is 5.69 Å². The molecule has 1 aromatic heterocycles. The molecule has 1 amide bonds. The fourth-order valence-corrected chi connectivity index (χ4v) is 1.62. The molecular formula is C14H12F2N2O2. The summed E-state index contributed by atoms with van der Waals surface area (Å²) in [7, 11) is 0. The van der Waals surface area contributed by atoms with E-state index < -0.39 is 12.5 Å². The average Bonchev–Trinajstić information content (AvgIpc) is 2.40. The number of para-hydroxylation sites is 2. The zero-order valence-corrected chi connectivity index (χ0v) is 10.6. The van der Waals surface area contributed by atoms with Crippen LogP contribution in [0.3, 0.4) is 0 Å². The number of nitrogens with one attached hydrogen (secondary N) is 1. The van der Waals surface area contributed by atoms with Crippen molar-refractivity contribution in [1.29, 1.82) is 0 Å². The molecule has 1 N–H and O–H groups in total. The number of amides is 1. The van der Waals surface area contributed by atoms with Crippen molar-refractivity contribution >= 4 is 11.6 Å². The van der Waals surface area contributed by atoms with Crippen LogP contribution in [0.2, 0.25) is 0 Å². The predicted molar refractivity (Wildman–Crippen MR) is 70.0 cm³/mol. The molecule has 104 valence electrons. The van der Waals surface area contributed by atoms with Gasteiger partial charge < -0.3 is 10.1 Å². The Morgan fingerprint density at radius 3 is 2.65 bits per heavy atom. The molecule has 0 saturated carbocycles. The summed E-state index contributed by atoms with van der Waals surface area (Å²) in [6, 6.07) is 11.0. The van der Waals surface area contributed by atoms with Gasteiger partial charge in [0.1, 0.15) is 11.4 Å². The number of anilines is 1. The molecule has 0 aliphatic carbocycles. The monoisotopic (exact) mass is 278 g/mol. The highest BCUT2D eigenvalue weighted by atomic mass is 19.3. The van der Waals surface area contributed by atoms with E-state index in [9.17, 15) is 13.6 Å². The zero-order valence-electron chi connectivity index (χ0n) is 10.6. The number of alkyl halides is 2. The third-order valence-electron chi connectivity index (χ3n) is 2.47. The number of halogens is 2. The molecule has 20 heavy (non-hydrogen) atoms. The summed E-state index contributed by atoms with van der Waals surface area (Å²) in [5.74, 6) is -0.581. The molecule has 0 unspecified atom stereocenters. The minimum Gasteiger partial charge on any atom is -0.433 e. The SMILES string of the molecule is Cc1cccc(C(=O)Nc2ccccc2OC(F)F)n1. The van der Waals surface area contributed by atoms with Crippen molar-refractivity contribution in [2.24, 2.45) is 0 Å². The topological polar surface area (TPSA) is 51.2 Å². The summed E-state index contributed by atoms with van der Waals surface area (Å²) in [4.78, 5) is 16.0. The number of benzene rings is 1. The number of aryl methyl sites for hydroxylation is 1. The second kappa shape index (κ2) is 6.10. The first-order chi connectivity index (χ1) is 9.56. The molecule has 1 heterocycles. The van der Waals surface area contributed by atoms with E-state index in [0.29, 0.717) is 5.69 Å². The Labute approximate surface area is 114 Å². The van der Waals surface area contributed by atoms with Gasteiger partial charge in [-0.2, -0.15) is 8.78 Å². The predicted octanol–water partition coefficient (Wildman–Crippen LogP) is 3.24. The van der Waals surface area contributed by atoms with Crippen LogP contribution in [0.4, 0.5) is 14.5 Å². The fraction of sp³-hybridized carbons (Fsp3) is 0.143. The molecule has 0 atom stereocenters. The summed E-state index contributed by atoms with van der Waals surface area (Å²) < 4.78 is 28.9. The van der Waals surface area contributed by atoms with Gasteiger partial charge in [-0.05, 0) is 31.2 Å². The maximum atomic E-state index is 12.3. The van der Waals surface area contributed by atoms with E-state index in [1.54, 1.807) is 31.2 Å². The molecular weight excluding hydrogens is 266 g/mol. The van der Waals surface area contributed by atoms with Crippen molar-refractivity contribution in [1.82, 2.24) is 4.98 Å². The van der Waals surface area contributed by atoms with Crippen LogP contribution in [0.25, 0.3) is 0 Å². The molecule has 6 heteroatoms. The Morgan fingerprint density at radius 1 is 1.20 bits per heavy atom. The van der Waals surface area contributed by atoms with Gasteiger partial charge in [-0.3, -0.25) is 4.79 Å². The highest BCUT2D eigenvalue weighted by Gasteiger charge is 2.13. The van der Waals surface area contributed by atoms with E-state index in [-0.39, 0.29) is 17.1 Å². The minimum atomic E-state index is -2.95. The van der Waals surface area contributed by atoms with Crippen molar-refractivity contribution in [2.45, 2.75) is 13.5 Å². The van der Waals surface area contributed by atoms with Crippen LogP contribution in [0.15, 0.2) is 42.5 Å². The van der Waals surface area contributed by atoms with Crippen LogP contribution >= 0.6 is 0 Å². The normalized spacial score (nSPS) is 10.4. The van der Waals surface area contributed by atoms with Gasteiger partial charge in [-0.1, -0.05) is 18.2 Å². The molecule has 2 aromatic rings. The summed E-state index contributed by atoms with van der Waals surface area (Å²) in [6.45, 7) is -1.20. The van der Waals surface area contributed by atoms with Crippen LogP contribution in [-0.4, -0.2) is 17.5 Å². The lowest BCUT2D eigenvalue weighted by molar-refractivity contribution is -0.0493. The Morgan fingerprint density at radius 2 is 1.95 bits per heavy atom. The maximum absolute atomic E-state index is 12.3. The third-order valence-corrected chi connectivity index (χ3v) is 2.47. The fourth-order valence-electron chi connectivity index (χ4n) is 1.62. The quantitative estimate of drug-likeness (QED) is 0.934. The van der Waals surface area contributed by atoms with Crippen molar-refractivity contribution in [3.63, 3.8) is 0 Å². The summed E-state index contributed by atoms with van der Waals surface area (Å²) in [5.41, 5.74) is 1.06. The zero-order chi connectivity index (χ0) is 14.5. The van der Waals surface area contributed by atoms with Gasteiger partial charge in [0.25, 0.3) is 5.91 Å². The van der Waals surface area contributed by atoms with Gasteiger partial charge in [0, 0.05) is 5.69 Å². The molecule has 0 radical (unpaired) electrons. The van der Waals surface area contributed by atoms with Gasteiger partial charge in [-0.15, -0.1) is 0 Å². The molecule has 0 aliphatic rings. The van der Waals surface area contributed by atoms with Gasteiger partial charge in [0.15, 0.2) is 0 Å². The van der Waals surface area contributed by atoms with Gasteiger partial charge >= 0.3 is 6.61 Å². The standard InChI is InChI=1S/C14H12F2N2O2/c1-9-5-4-7-11(17-9)13(19)18-10-6-2-3-8-12(10)20-14(15)16/h2-8,14H,1H3,(H,18,19). The second-order valence-electron chi connectivity index (χ2n) is 3.99. The first-order valence-corrected chi connectivity index (χ1v) is 5.85. The number of aromatic nitrogens is 1.